The molecule has 0 amide bonds. The highest BCUT2D eigenvalue weighted by molar-refractivity contribution is 7.89. The molecule has 0 bridgehead atoms. The second-order valence-electron chi connectivity index (χ2n) is 5.59. The first-order chi connectivity index (χ1) is 11.6. The van der Waals surface area contributed by atoms with Gasteiger partial charge in [-0.15, -0.1) is 0 Å². The van der Waals surface area contributed by atoms with Gasteiger partial charge in [0.05, 0.1) is 11.4 Å². The summed E-state index contributed by atoms with van der Waals surface area (Å²) >= 11 is 0. The maximum Gasteiger partial charge on any atom is 0.243 e. The summed E-state index contributed by atoms with van der Waals surface area (Å²) in [6.07, 6.45) is 3.76. The maximum atomic E-state index is 12.8. The summed E-state index contributed by atoms with van der Waals surface area (Å²) in [7, 11) is -3.58. The Labute approximate surface area is 139 Å². The third-order valence-electron chi connectivity index (χ3n) is 4.04. The second-order valence-corrected chi connectivity index (χ2v) is 7.53. The average molecular weight is 348 g/mol. The lowest BCUT2D eigenvalue weighted by Crippen LogP contribution is -2.31. The van der Waals surface area contributed by atoms with E-state index in [-0.39, 0.29) is 17.8 Å². The summed E-state index contributed by atoms with van der Waals surface area (Å²) in [5.74, 6) is 1.71. The van der Waals surface area contributed by atoms with Crippen LogP contribution in [0.5, 0.6) is 17.2 Å². The van der Waals surface area contributed by atoms with E-state index < -0.39 is 10.0 Å². The lowest BCUT2D eigenvalue weighted by molar-refractivity contribution is 0.174. The van der Waals surface area contributed by atoms with Crippen molar-refractivity contribution in [3.8, 4) is 17.2 Å². The second kappa shape index (κ2) is 5.95. The van der Waals surface area contributed by atoms with Gasteiger partial charge in [0.1, 0.15) is 11.9 Å². The topological polar surface area (TPSA) is 78.0 Å². The zero-order valence-electron chi connectivity index (χ0n) is 12.8. The highest BCUT2D eigenvalue weighted by Gasteiger charge is 2.34. The molecule has 4 rings (SSSR count). The van der Waals surface area contributed by atoms with Crippen molar-refractivity contribution in [3.05, 3.63) is 42.7 Å². The number of aromatic nitrogens is 1. The van der Waals surface area contributed by atoms with Crippen molar-refractivity contribution in [1.29, 1.82) is 0 Å². The number of benzene rings is 1. The smallest absolute Gasteiger partial charge is 0.243 e. The van der Waals surface area contributed by atoms with Crippen LogP contribution in [0.15, 0.2) is 47.6 Å². The molecule has 2 aliphatic heterocycles. The molecule has 2 aliphatic rings. The van der Waals surface area contributed by atoms with Crippen molar-refractivity contribution in [1.82, 2.24) is 9.29 Å². The molecule has 3 heterocycles. The number of ether oxygens (including phenoxy) is 3. The Morgan fingerprint density at radius 3 is 2.75 bits per heavy atom. The molecule has 0 aliphatic carbocycles. The van der Waals surface area contributed by atoms with Gasteiger partial charge in [-0.1, -0.05) is 0 Å². The van der Waals surface area contributed by atoms with Gasteiger partial charge >= 0.3 is 0 Å². The molecule has 126 valence electrons. The summed E-state index contributed by atoms with van der Waals surface area (Å²) in [4.78, 5) is 4.14. The monoisotopic (exact) mass is 348 g/mol. The SMILES string of the molecule is O=S(=O)(c1ccc2c(c1)OCO2)N1CC[C@H](Oc2ccncc2)C1. The fraction of sp³-hybridized carbons (Fsp3) is 0.312. The van der Waals surface area contributed by atoms with Crippen molar-refractivity contribution in [2.45, 2.75) is 17.4 Å². The Bertz CT molecular complexity index is 841. The van der Waals surface area contributed by atoms with Crippen LogP contribution in [0, 0.1) is 0 Å². The van der Waals surface area contributed by atoms with Crippen LogP contribution >= 0.6 is 0 Å². The number of hydrogen-bond donors (Lipinski definition) is 0. The fourth-order valence-electron chi connectivity index (χ4n) is 2.81. The van der Waals surface area contributed by atoms with Crippen LogP contribution < -0.4 is 14.2 Å². The first-order valence-electron chi connectivity index (χ1n) is 7.59. The van der Waals surface area contributed by atoms with Crippen LogP contribution in [0.2, 0.25) is 0 Å². The molecule has 1 atom stereocenters. The molecule has 7 nitrogen and oxygen atoms in total. The Hall–Kier alpha value is -2.32. The van der Waals surface area contributed by atoms with Gasteiger partial charge in [0.15, 0.2) is 11.5 Å². The number of rotatable bonds is 4. The Kier molecular flexibility index (Phi) is 3.78. The van der Waals surface area contributed by atoms with Gasteiger partial charge in [-0.05, 0) is 30.7 Å². The minimum absolute atomic E-state index is 0.115. The van der Waals surface area contributed by atoms with Gasteiger partial charge in [0.2, 0.25) is 16.8 Å². The molecule has 0 radical (unpaired) electrons. The predicted molar refractivity (Wildman–Crippen MR) is 84.6 cm³/mol. The van der Waals surface area contributed by atoms with Crippen LogP contribution in [-0.2, 0) is 10.0 Å². The summed E-state index contributed by atoms with van der Waals surface area (Å²) in [5, 5.41) is 0. The molecule has 0 unspecified atom stereocenters. The molecule has 2 aromatic rings. The first kappa shape index (κ1) is 15.2. The van der Waals surface area contributed by atoms with E-state index in [1.165, 1.54) is 10.4 Å². The first-order valence-corrected chi connectivity index (χ1v) is 9.03. The highest BCUT2D eigenvalue weighted by atomic mass is 32.2. The Balaban J connectivity index is 1.49. The molecular formula is C16H16N2O5S. The Morgan fingerprint density at radius 1 is 1.12 bits per heavy atom. The van der Waals surface area contributed by atoms with E-state index >= 15 is 0 Å². The largest absolute Gasteiger partial charge is 0.489 e. The van der Waals surface area contributed by atoms with E-state index in [0.29, 0.717) is 36.8 Å². The molecule has 0 spiro atoms. The van der Waals surface area contributed by atoms with Crippen LogP contribution in [0.1, 0.15) is 6.42 Å². The van der Waals surface area contributed by atoms with Gasteiger partial charge in [0.25, 0.3) is 0 Å². The lowest BCUT2D eigenvalue weighted by Gasteiger charge is -2.17. The van der Waals surface area contributed by atoms with E-state index in [9.17, 15) is 8.42 Å². The van der Waals surface area contributed by atoms with Crippen LogP contribution in [0.25, 0.3) is 0 Å². The molecule has 1 aromatic heterocycles. The van der Waals surface area contributed by atoms with Gasteiger partial charge in [-0.25, -0.2) is 8.42 Å². The van der Waals surface area contributed by atoms with E-state index in [1.807, 2.05) is 0 Å². The van der Waals surface area contributed by atoms with Gasteiger partial charge in [-0.2, -0.15) is 4.31 Å². The van der Waals surface area contributed by atoms with E-state index in [1.54, 1.807) is 36.7 Å². The molecule has 1 fully saturated rings. The van der Waals surface area contributed by atoms with Crippen LogP contribution in [-0.4, -0.2) is 43.7 Å². The van der Waals surface area contributed by atoms with Gasteiger partial charge in [-0.3, -0.25) is 4.98 Å². The predicted octanol–water partition coefficient (Wildman–Crippen LogP) is 1.65. The van der Waals surface area contributed by atoms with Crippen molar-refractivity contribution in [2.75, 3.05) is 19.9 Å². The van der Waals surface area contributed by atoms with Crippen LogP contribution in [0.3, 0.4) is 0 Å². The number of nitrogens with zero attached hydrogens (tertiary/aromatic N) is 2. The summed E-state index contributed by atoms with van der Waals surface area (Å²) < 4.78 is 43.3. The molecule has 8 heteroatoms. The third-order valence-corrected chi connectivity index (χ3v) is 5.90. The van der Waals surface area contributed by atoms with E-state index in [0.717, 1.165) is 0 Å². The average Bonchev–Trinajstić information content (AvgIpc) is 3.24. The van der Waals surface area contributed by atoms with Gasteiger partial charge < -0.3 is 14.2 Å². The fourth-order valence-corrected chi connectivity index (χ4v) is 4.31. The zero-order valence-corrected chi connectivity index (χ0v) is 13.6. The number of sulfonamides is 1. The number of fused-ring (bicyclic) bond motifs is 1. The summed E-state index contributed by atoms with van der Waals surface area (Å²) in [6.45, 7) is 0.857. The quantitative estimate of drug-likeness (QED) is 0.836. The molecule has 24 heavy (non-hydrogen) atoms. The van der Waals surface area contributed by atoms with Crippen molar-refractivity contribution < 1.29 is 22.6 Å². The summed E-state index contributed by atoms with van der Waals surface area (Å²) in [5.41, 5.74) is 0. The standard InChI is InChI=1S/C16H16N2O5S/c19-24(20,14-1-2-15-16(9-14)22-11-21-15)18-8-5-13(10-18)23-12-3-6-17-7-4-12/h1-4,6-7,9,13H,5,8,10-11H2/t13-/m0/s1. The maximum absolute atomic E-state index is 12.8. The summed E-state index contributed by atoms with van der Waals surface area (Å²) in [6, 6.07) is 8.19. The Morgan fingerprint density at radius 2 is 1.92 bits per heavy atom. The number of hydrogen-bond acceptors (Lipinski definition) is 6. The normalized spacial score (nSPS) is 20.2. The minimum Gasteiger partial charge on any atom is -0.489 e. The molecule has 1 saturated heterocycles. The lowest BCUT2D eigenvalue weighted by atomic mass is 10.3. The van der Waals surface area contributed by atoms with Crippen molar-refractivity contribution in [2.24, 2.45) is 0 Å². The molecule has 0 saturated carbocycles. The van der Waals surface area contributed by atoms with Gasteiger partial charge in [0, 0.05) is 25.0 Å². The molecule has 1 aromatic carbocycles. The van der Waals surface area contributed by atoms with Crippen molar-refractivity contribution >= 4 is 10.0 Å². The zero-order chi connectivity index (χ0) is 16.6. The molecule has 0 N–H and O–H groups in total. The van der Waals surface area contributed by atoms with Crippen molar-refractivity contribution in [3.63, 3.8) is 0 Å². The number of pyridine rings is 1. The van der Waals surface area contributed by atoms with E-state index in [2.05, 4.69) is 4.98 Å². The van der Waals surface area contributed by atoms with E-state index in [4.69, 9.17) is 14.2 Å². The highest BCUT2D eigenvalue weighted by Crippen LogP contribution is 2.35. The van der Waals surface area contributed by atoms with Crippen LogP contribution in [0.4, 0.5) is 0 Å². The molecular weight excluding hydrogens is 332 g/mol. The minimum atomic E-state index is -3.58. The third kappa shape index (κ3) is 2.78.